The van der Waals surface area contributed by atoms with Crippen molar-refractivity contribution >= 4 is 32.3 Å². The molecule has 42 heavy (non-hydrogen) atoms. The number of rotatable bonds is 4. The summed E-state index contributed by atoms with van der Waals surface area (Å²) >= 11 is 0. The average molecular weight is 536 g/mol. The van der Waals surface area contributed by atoms with E-state index >= 15 is 0 Å². The van der Waals surface area contributed by atoms with Crippen molar-refractivity contribution in [2.24, 2.45) is 0 Å². The fourth-order valence-electron chi connectivity index (χ4n) is 5.89. The van der Waals surface area contributed by atoms with Gasteiger partial charge in [-0.3, -0.25) is 4.98 Å². The summed E-state index contributed by atoms with van der Waals surface area (Å²) in [6.45, 7) is 0. The third-order valence-corrected chi connectivity index (χ3v) is 7.96. The highest BCUT2D eigenvalue weighted by atomic mass is 14.9. The molecule has 2 aromatic heterocycles. The van der Waals surface area contributed by atoms with E-state index in [0.717, 1.165) is 55.8 Å². The van der Waals surface area contributed by atoms with E-state index in [-0.39, 0.29) is 0 Å². The largest absolute Gasteiger partial charge is 0.264 e. The average Bonchev–Trinajstić information content (AvgIpc) is 3.08. The Kier molecular flexibility index (Phi) is 5.79. The summed E-state index contributed by atoms with van der Waals surface area (Å²) in [5.41, 5.74) is 7.15. The SMILES string of the molecule is c1ccc(-c2cc(-c3ccc(-c4cccnc4)cc3)nc(-c3c4ccccc4cc4c3ccc3ccccc34)n2)cc1. The molecule has 8 aromatic rings. The minimum Gasteiger partial charge on any atom is -0.264 e. The van der Waals surface area contributed by atoms with Crippen LogP contribution in [0.2, 0.25) is 0 Å². The van der Waals surface area contributed by atoms with E-state index in [1.165, 1.54) is 21.5 Å². The van der Waals surface area contributed by atoms with Crippen LogP contribution in [0.4, 0.5) is 0 Å². The van der Waals surface area contributed by atoms with Crippen molar-refractivity contribution < 1.29 is 0 Å². The summed E-state index contributed by atoms with van der Waals surface area (Å²) in [6, 6.07) is 48.9. The zero-order chi connectivity index (χ0) is 27.9. The van der Waals surface area contributed by atoms with Crippen LogP contribution in [0.25, 0.3) is 77.3 Å². The van der Waals surface area contributed by atoms with Crippen LogP contribution in [-0.2, 0) is 0 Å². The van der Waals surface area contributed by atoms with E-state index in [4.69, 9.17) is 9.97 Å². The summed E-state index contributed by atoms with van der Waals surface area (Å²) in [5.74, 6) is 0.722. The highest BCUT2D eigenvalue weighted by molar-refractivity contribution is 6.19. The minimum atomic E-state index is 0.722. The standard InChI is InChI=1S/C39H25N3/c1-2-10-28(11-3-1)36-24-37(29-18-16-26(17-19-29)31-13-8-22-40-25-31)42-39(41-36)38-33-15-7-5-12-30(33)23-35-32-14-6-4-9-27(32)20-21-34(35)38/h1-25H. The van der Waals surface area contributed by atoms with E-state index < -0.39 is 0 Å². The molecule has 196 valence electrons. The van der Waals surface area contributed by atoms with Gasteiger partial charge in [0.05, 0.1) is 11.4 Å². The van der Waals surface area contributed by atoms with Crippen LogP contribution in [-0.4, -0.2) is 15.0 Å². The van der Waals surface area contributed by atoms with Gasteiger partial charge in [0.2, 0.25) is 0 Å². The maximum Gasteiger partial charge on any atom is 0.161 e. The third kappa shape index (κ3) is 4.20. The van der Waals surface area contributed by atoms with Crippen molar-refractivity contribution in [1.82, 2.24) is 15.0 Å². The molecule has 3 nitrogen and oxygen atoms in total. The van der Waals surface area contributed by atoms with Crippen molar-refractivity contribution in [1.29, 1.82) is 0 Å². The quantitative estimate of drug-likeness (QED) is 0.166. The molecule has 0 aliphatic rings. The Morgan fingerprint density at radius 2 is 1.02 bits per heavy atom. The first-order valence-electron chi connectivity index (χ1n) is 14.1. The Bertz CT molecular complexity index is 2220. The van der Waals surface area contributed by atoms with Gasteiger partial charge < -0.3 is 0 Å². The topological polar surface area (TPSA) is 38.7 Å². The molecule has 0 spiro atoms. The van der Waals surface area contributed by atoms with E-state index in [1.807, 2.05) is 18.3 Å². The van der Waals surface area contributed by atoms with Crippen LogP contribution >= 0.6 is 0 Å². The number of pyridine rings is 1. The van der Waals surface area contributed by atoms with E-state index in [0.29, 0.717) is 0 Å². The first kappa shape index (κ1) is 24.2. The number of fused-ring (bicyclic) bond motifs is 4. The predicted molar refractivity (Wildman–Crippen MR) is 174 cm³/mol. The maximum absolute atomic E-state index is 5.26. The molecule has 0 fully saturated rings. The molecule has 3 heteroatoms. The van der Waals surface area contributed by atoms with Gasteiger partial charge in [0.25, 0.3) is 0 Å². The Labute approximate surface area is 243 Å². The molecule has 0 N–H and O–H groups in total. The lowest BCUT2D eigenvalue weighted by molar-refractivity contribution is 1.19. The number of nitrogens with zero attached hydrogens (tertiary/aromatic N) is 3. The van der Waals surface area contributed by atoms with Gasteiger partial charge in [0.15, 0.2) is 5.82 Å². The highest BCUT2D eigenvalue weighted by Gasteiger charge is 2.17. The van der Waals surface area contributed by atoms with Gasteiger partial charge in [-0.25, -0.2) is 9.97 Å². The van der Waals surface area contributed by atoms with Crippen molar-refractivity contribution in [3.05, 3.63) is 152 Å². The lowest BCUT2D eigenvalue weighted by atomic mass is 9.92. The smallest absolute Gasteiger partial charge is 0.161 e. The summed E-state index contributed by atoms with van der Waals surface area (Å²) in [7, 11) is 0. The van der Waals surface area contributed by atoms with Gasteiger partial charge in [-0.1, -0.05) is 121 Å². The summed E-state index contributed by atoms with van der Waals surface area (Å²) < 4.78 is 0. The second kappa shape index (κ2) is 10.1. The van der Waals surface area contributed by atoms with E-state index in [2.05, 4.69) is 132 Å². The molecule has 0 aliphatic carbocycles. The molecule has 0 amide bonds. The second-order valence-electron chi connectivity index (χ2n) is 10.5. The van der Waals surface area contributed by atoms with E-state index in [1.54, 1.807) is 6.20 Å². The Morgan fingerprint density at radius 1 is 0.381 bits per heavy atom. The number of hydrogen-bond acceptors (Lipinski definition) is 3. The van der Waals surface area contributed by atoms with Crippen LogP contribution < -0.4 is 0 Å². The summed E-state index contributed by atoms with van der Waals surface area (Å²) in [5, 5.41) is 7.12. The van der Waals surface area contributed by atoms with Crippen molar-refractivity contribution in [2.45, 2.75) is 0 Å². The van der Waals surface area contributed by atoms with Gasteiger partial charge in [0, 0.05) is 29.1 Å². The molecule has 0 atom stereocenters. The molecule has 6 aromatic carbocycles. The minimum absolute atomic E-state index is 0.722. The molecule has 0 saturated carbocycles. The molecular formula is C39H25N3. The van der Waals surface area contributed by atoms with Crippen molar-refractivity contribution in [3.63, 3.8) is 0 Å². The number of benzene rings is 6. The third-order valence-electron chi connectivity index (χ3n) is 7.96. The van der Waals surface area contributed by atoms with Gasteiger partial charge in [-0.2, -0.15) is 0 Å². The first-order chi connectivity index (χ1) is 20.8. The molecule has 0 bridgehead atoms. The van der Waals surface area contributed by atoms with Crippen LogP contribution in [0, 0.1) is 0 Å². The first-order valence-corrected chi connectivity index (χ1v) is 14.1. The van der Waals surface area contributed by atoms with Crippen LogP contribution in [0.1, 0.15) is 0 Å². The van der Waals surface area contributed by atoms with Gasteiger partial charge >= 0.3 is 0 Å². The van der Waals surface area contributed by atoms with Gasteiger partial charge in [-0.05, 0) is 61.6 Å². The second-order valence-corrected chi connectivity index (χ2v) is 10.5. The monoisotopic (exact) mass is 535 g/mol. The molecule has 0 unspecified atom stereocenters. The summed E-state index contributed by atoms with van der Waals surface area (Å²) in [4.78, 5) is 14.8. The van der Waals surface area contributed by atoms with Gasteiger partial charge in [-0.15, -0.1) is 0 Å². The lowest BCUT2D eigenvalue weighted by Crippen LogP contribution is -1.98. The van der Waals surface area contributed by atoms with Crippen LogP contribution in [0.15, 0.2) is 152 Å². The summed E-state index contributed by atoms with van der Waals surface area (Å²) in [6.07, 6.45) is 3.69. The Hall–Kier alpha value is -5.67. The molecular weight excluding hydrogens is 510 g/mol. The molecule has 0 aliphatic heterocycles. The number of hydrogen-bond donors (Lipinski definition) is 0. The maximum atomic E-state index is 5.26. The lowest BCUT2D eigenvalue weighted by Gasteiger charge is -2.15. The zero-order valence-corrected chi connectivity index (χ0v) is 22.8. The molecule has 0 radical (unpaired) electrons. The molecule has 0 saturated heterocycles. The molecule has 2 heterocycles. The Balaban J connectivity index is 1.40. The fraction of sp³-hybridized carbons (Fsp3) is 0. The fourth-order valence-corrected chi connectivity index (χ4v) is 5.89. The van der Waals surface area contributed by atoms with Crippen molar-refractivity contribution in [3.8, 4) is 45.0 Å². The van der Waals surface area contributed by atoms with Crippen LogP contribution in [0.5, 0.6) is 0 Å². The predicted octanol–water partition coefficient (Wildman–Crippen LogP) is 10.00. The zero-order valence-electron chi connectivity index (χ0n) is 22.8. The number of aromatic nitrogens is 3. The van der Waals surface area contributed by atoms with Gasteiger partial charge in [0.1, 0.15) is 0 Å². The Morgan fingerprint density at radius 3 is 1.79 bits per heavy atom. The highest BCUT2D eigenvalue weighted by Crippen LogP contribution is 2.39. The molecule has 8 rings (SSSR count). The van der Waals surface area contributed by atoms with Crippen LogP contribution in [0.3, 0.4) is 0 Å². The van der Waals surface area contributed by atoms with E-state index in [9.17, 15) is 0 Å². The van der Waals surface area contributed by atoms with Crippen molar-refractivity contribution in [2.75, 3.05) is 0 Å². The normalized spacial score (nSPS) is 11.3.